The Kier molecular flexibility index (Phi) is 4.40. The molecule has 0 unspecified atom stereocenters. The lowest BCUT2D eigenvalue weighted by Gasteiger charge is -2.12. The van der Waals surface area contributed by atoms with Gasteiger partial charge in [-0.2, -0.15) is 5.26 Å². The monoisotopic (exact) mass is 298 g/mol. The summed E-state index contributed by atoms with van der Waals surface area (Å²) in [6.07, 6.45) is 3.75. The molecule has 0 radical (unpaired) electrons. The maximum Gasteiger partial charge on any atom is 0.188 e. The van der Waals surface area contributed by atoms with Crippen molar-refractivity contribution in [1.82, 2.24) is 0 Å². The molecule has 1 aliphatic heterocycles. The maximum absolute atomic E-state index is 12.6. The Morgan fingerprint density at radius 2 is 1.96 bits per heavy atom. The normalized spacial score (nSPS) is 12.2. The summed E-state index contributed by atoms with van der Waals surface area (Å²) in [5.74, 6) is 1.98. The van der Waals surface area contributed by atoms with E-state index in [1.807, 2.05) is 66.7 Å². The number of anilines is 1. The lowest BCUT2D eigenvalue weighted by Crippen LogP contribution is -2.11. The van der Waals surface area contributed by atoms with Crippen molar-refractivity contribution < 1.29 is 4.79 Å². The molecule has 0 saturated carbocycles. The highest BCUT2D eigenvalue weighted by Crippen LogP contribution is 2.27. The van der Waals surface area contributed by atoms with Crippen LogP contribution in [0.1, 0.15) is 10.4 Å². The fourth-order valence-electron chi connectivity index (χ4n) is 2.62. The third-order valence-corrected chi connectivity index (χ3v) is 3.79. The van der Waals surface area contributed by atoms with Gasteiger partial charge in [0.05, 0.1) is 6.07 Å². The van der Waals surface area contributed by atoms with Crippen LogP contribution in [0.15, 0.2) is 72.1 Å². The van der Waals surface area contributed by atoms with Crippen molar-refractivity contribution in [3.63, 3.8) is 0 Å². The average Bonchev–Trinajstić information content (AvgIpc) is 3.14. The first-order chi connectivity index (χ1) is 11.3. The Balaban J connectivity index is 1.99. The molecule has 110 valence electrons. The van der Waals surface area contributed by atoms with Crippen molar-refractivity contribution >= 4 is 18.8 Å². The third-order valence-electron chi connectivity index (χ3n) is 3.79. The fourth-order valence-corrected chi connectivity index (χ4v) is 2.62. The number of hydrogen-bond acceptors (Lipinski definition) is 3. The molecule has 0 fully saturated rings. The van der Waals surface area contributed by atoms with Gasteiger partial charge >= 0.3 is 0 Å². The van der Waals surface area contributed by atoms with Crippen LogP contribution in [-0.2, 0) is 0 Å². The molecule has 23 heavy (non-hydrogen) atoms. The summed E-state index contributed by atoms with van der Waals surface area (Å²) in [6.45, 7) is 0.163. The van der Waals surface area contributed by atoms with E-state index in [1.54, 1.807) is 0 Å². The summed E-state index contributed by atoms with van der Waals surface area (Å²) in [5, 5.41) is 11.9. The van der Waals surface area contributed by atoms with Gasteiger partial charge in [-0.15, -0.1) is 5.98 Å². The summed E-state index contributed by atoms with van der Waals surface area (Å²) in [6, 6.07) is 17.7. The largest absolute Gasteiger partial charge is 0.372 e. The van der Waals surface area contributed by atoms with Gasteiger partial charge in [-0.1, -0.05) is 48.6 Å². The first kappa shape index (κ1) is 14.9. The van der Waals surface area contributed by atoms with Crippen LogP contribution in [-0.4, -0.2) is 19.6 Å². The molecule has 0 bridgehead atoms. The molecule has 1 aliphatic rings. The SMILES string of the molecule is N#CCNc1cc(-c2ccccc2)ccc1C(=O)C1=CC=CB1. The standard InChI is InChI=1S/C19H15BN2O/c21-11-12-22-18-13-15(14-5-2-1-3-6-14)8-9-16(18)19(23)17-7-4-10-20-17/h1-10,13,20,22H,12H2. The van der Waals surface area contributed by atoms with Gasteiger partial charge in [0.2, 0.25) is 0 Å². The minimum atomic E-state index is 0.00931. The summed E-state index contributed by atoms with van der Waals surface area (Å²) in [4.78, 5) is 12.6. The van der Waals surface area contributed by atoms with Gasteiger partial charge in [-0.3, -0.25) is 4.79 Å². The van der Waals surface area contributed by atoms with E-state index in [2.05, 4.69) is 11.4 Å². The van der Waals surface area contributed by atoms with Crippen molar-refractivity contribution in [3.05, 3.63) is 77.7 Å². The zero-order valence-corrected chi connectivity index (χ0v) is 12.6. The molecule has 4 heteroatoms. The van der Waals surface area contributed by atoms with E-state index in [0.717, 1.165) is 16.6 Å². The van der Waals surface area contributed by atoms with Crippen LogP contribution >= 0.6 is 0 Å². The molecule has 0 aromatic heterocycles. The van der Waals surface area contributed by atoms with Gasteiger partial charge in [0, 0.05) is 11.3 Å². The zero-order chi connectivity index (χ0) is 16.1. The Labute approximate surface area is 136 Å². The van der Waals surface area contributed by atoms with Crippen molar-refractivity contribution in [1.29, 1.82) is 5.26 Å². The molecule has 2 aromatic carbocycles. The van der Waals surface area contributed by atoms with Crippen LogP contribution < -0.4 is 5.32 Å². The topological polar surface area (TPSA) is 52.9 Å². The van der Waals surface area contributed by atoms with E-state index in [-0.39, 0.29) is 12.3 Å². The van der Waals surface area contributed by atoms with E-state index in [4.69, 9.17) is 5.26 Å². The van der Waals surface area contributed by atoms with Gasteiger partial charge in [0.1, 0.15) is 6.54 Å². The zero-order valence-electron chi connectivity index (χ0n) is 12.6. The summed E-state index contributed by atoms with van der Waals surface area (Å²) in [5.41, 5.74) is 4.17. The molecular weight excluding hydrogens is 283 g/mol. The predicted molar refractivity (Wildman–Crippen MR) is 94.7 cm³/mol. The van der Waals surface area contributed by atoms with Gasteiger partial charge in [0.15, 0.2) is 13.1 Å². The summed E-state index contributed by atoms with van der Waals surface area (Å²) in [7, 11) is 0.664. The van der Waals surface area contributed by atoms with Crippen LogP contribution in [0, 0.1) is 11.3 Å². The predicted octanol–water partition coefficient (Wildman–Crippen LogP) is 3.32. The molecule has 2 aromatic rings. The molecule has 0 aliphatic carbocycles. The lowest BCUT2D eigenvalue weighted by atomic mass is 9.70. The quantitative estimate of drug-likeness (QED) is 0.523. The molecule has 0 saturated heterocycles. The number of carbonyl (C=O) groups excluding carboxylic acids is 1. The third kappa shape index (κ3) is 3.24. The van der Waals surface area contributed by atoms with E-state index in [9.17, 15) is 4.79 Å². The molecule has 3 nitrogen and oxygen atoms in total. The maximum atomic E-state index is 12.6. The van der Waals surface area contributed by atoms with Gasteiger partial charge in [-0.25, -0.2) is 0 Å². The number of allylic oxidation sites excluding steroid dienone is 3. The van der Waals surface area contributed by atoms with Crippen molar-refractivity contribution in [2.75, 3.05) is 11.9 Å². The minimum Gasteiger partial charge on any atom is -0.372 e. The van der Waals surface area contributed by atoms with E-state index >= 15 is 0 Å². The number of nitrogens with one attached hydrogen (secondary N) is 1. The second kappa shape index (κ2) is 6.80. The van der Waals surface area contributed by atoms with E-state index in [1.165, 1.54) is 0 Å². The van der Waals surface area contributed by atoms with Gasteiger partial charge in [0.25, 0.3) is 0 Å². The second-order valence-electron chi connectivity index (χ2n) is 5.29. The smallest absolute Gasteiger partial charge is 0.188 e. The van der Waals surface area contributed by atoms with Gasteiger partial charge in [-0.05, 0) is 28.7 Å². The highest BCUT2D eigenvalue weighted by molar-refractivity contribution is 6.61. The summed E-state index contributed by atoms with van der Waals surface area (Å²) >= 11 is 0. The number of rotatable bonds is 5. The highest BCUT2D eigenvalue weighted by Gasteiger charge is 2.17. The van der Waals surface area contributed by atoms with Crippen LogP contribution in [0.25, 0.3) is 11.1 Å². The second-order valence-corrected chi connectivity index (χ2v) is 5.29. The lowest BCUT2D eigenvalue weighted by molar-refractivity contribution is 0.104. The van der Waals surface area contributed by atoms with Crippen LogP contribution in [0.2, 0.25) is 0 Å². The Morgan fingerprint density at radius 1 is 1.13 bits per heavy atom. The number of carbonyl (C=O) groups is 1. The Bertz CT molecular complexity index is 832. The van der Waals surface area contributed by atoms with Crippen molar-refractivity contribution in [2.24, 2.45) is 0 Å². The number of nitriles is 1. The fraction of sp³-hybridized carbons (Fsp3) is 0.0526. The van der Waals surface area contributed by atoms with Crippen LogP contribution in [0.3, 0.4) is 0 Å². The number of benzene rings is 2. The molecular formula is C19H15BN2O. The molecule has 0 amide bonds. The van der Waals surface area contributed by atoms with E-state index < -0.39 is 0 Å². The Morgan fingerprint density at radius 3 is 2.65 bits per heavy atom. The first-order valence-electron chi connectivity index (χ1n) is 7.50. The average molecular weight is 298 g/mol. The first-order valence-corrected chi connectivity index (χ1v) is 7.50. The van der Waals surface area contributed by atoms with E-state index in [0.29, 0.717) is 18.5 Å². The molecule has 1 N–H and O–H groups in total. The molecule has 0 spiro atoms. The van der Waals surface area contributed by atoms with Crippen molar-refractivity contribution in [2.45, 2.75) is 0 Å². The van der Waals surface area contributed by atoms with Crippen LogP contribution in [0.4, 0.5) is 5.69 Å². The molecule has 0 atom stereocenters. The minimum absolute atomic E-state index is 0.00931. The summed E-state index contributed by atoms with van der Waals surface area (Å²) < 4.78 is 0. The molecule has 3 rings (SSSR count). The van der Waals surface area contributed by atoms with Crippen molar-refractivity contribution in [3.8, 4) is 17.2 Å². The van der Waals surface area contributed by atoms with Crippen LogP contribution in [0.5, 0.6) is 0 Å². The number of Topliss-reactive ketones (excluding diaryl/α,β-unsaturated/α-hetero) is 1. The number of nitrogens with zero attached hydrogens (tertiary/aromatic N) is 1. The Hall–Kier alpha value is -3.06. The highest BCUT2D eigenvalue weighted by atomic mass is 16.1. The number of hydrogen-bond donors (Lipinski definition) is 1. The van der Waals surface area contributed by atoms with Gasteiger partial charge < -0.3 is 5.32 Å². The molecule has 1 heterocycles. The number of ketones is 1.